The summed E-state index contributed by atoms with van der Waals surface area (Å²) >= 11 is 0. The second kappa shape index (κ2) is 6.53. The number of fused-ring (bicyclic) bond motifs is 1. The number of rotatable bonds is 6. The SMILES string of the molecule is CCC(CC)C(O)CNC1CCc2ccc(C)cc21. The molecule has 1 aliphatic rings. The summed E-state index contributed by atoms with van der Waals surface area (Å²) in [6.45, 7) is 7.18. The van der Waals surface area contributed by atoms with E-state index in [0.29, 0.717) is 18.5 Å². The number of hydrogen-bond acceptors (Lipinski definition) is 2. The maximum absolute atomic E-state index is 10.2. The molecule has 0 aliphatic heterocycles. The van der Waals surface area contributed by atoms with Gasteiger partial charge in [0.2, 0.25) is 0 Å². The molecule has 106 valence electrons. The van der Waals surface area contributed by atoms with Crippen LogP contribution in [0.15, 0.2) is 18.2 Å². The highest BCUT2D eigenvalue weighted by molar-refractivity contribution is 5.37. The van der Waals surface area contributed by atoms with Gasteiger partial charge in [0, 0.05) is 12.6 Å². The van der Waals surface area contributed by atoms with E-state index in [1.54, 1.807) is 0 Å². The summed E-state index contributed by atoms with van der Waals surface area (Å²) < 4.78 is 0. The molecule has 2 nitrogen and oxygen atoms in total. The Labute approximate surface area is 117 Å². The predicted molar refractivity (Wildman–Crippen MR) is 80.3 cm³/mol. The van der Waals surface area contributed by atoms with Crippen molar-refractivity contribution < 1.29 is 5.11 Å². The summed E-state index contributed by atoms with van der Waals surface area (Å²) in [5, 5.41) is 13.8. The molecule has 0 spiro atoms. The van der Waals surface area contributed by atoms with Gasteiger partial charge in [-0.3, -0.25) is 0 Å². The van der Waals surface area contributed by atoms with E-state index >= 15 is 0 Å². The molecule has 0 bridgehead atoms. The lowest BCUT2D eigenvalue weighted by atomic mass is 9.96. The highest BCUT2D eigenvalue weighted by Crippen LogP contribution is 2.31. The summed E-state index contributed by atoms with van der Waals surface area (Å²) in [5.41, 5.74) is 4.24. The third-order valence-corrected chi connectivity index (χ3v) is 4.55. The van der Waals surface area contributed by atoms with Gasteiger partial charge in [-0.25, -0.2) is 0 Å². The van der Waals surface area contributed by atoms with E-state index in [1.807, 2.05) is 0 Å². The molecule has 0 aromatic heterocycles. The number of aliphatic hydroxyl groups is 1. The Morgan fingerprint density at radius 2 is 2.05 bits per heavy atom. The first-order valence-corrected chi connectivity index (χ1v) is 7.66. The molecule has 0 fully saturated rings. The van der Waals surface area contributed by atoms with Gasteiger partial charge in [0.1, 0.15) is 0 Å². The molecule has 0 saturated heterocycles. The van der Waals surface area contributed by atoms with Crippen LogP contribution in [0.3, 0.4) is 0 Å². The van der Waals surface area contributed by atoms with Gasteiger partial charge in [-0.1, -0.05) is 50.5 Å². The molecule has 0 heterocycles. The molecule has 2 unspecified atom stereocenters. The van der Waals surface area contributed by atoms with Crippen molar-refractivity contribution in [2.24, 2.45) is 5.92 Å². The standard InChI is InChI=1S/C17H27NO/c1-4-13(5-2)17(19)11-18-16-9-8-14-7-6-12(3)10-15(14)16/h6-7,10,13,16-19H,4-5,8-9,11H2,1-3H3. The topological polar surface area (TPSA) is 32.3 Å². The van der Waals surface area contributed by atoms with Gasteiger partial charge in [0.05, 0.1) is 6.10 Å². The van der Waals surface area contributed by atoms with Gasteiger partial charge < -0.3 is 10.4 Å². The van der Waals surface area contributed by atoms with Crippen LogP contribution in [0.5, 0.6) is 0 Å². The molecule has 1 aromatic rings. The van der Waals surface area contributed by atoms with Gasteiger partial charge in [-0.05, 0) is 36.8 Å². The quantitative estimate of drug-likeness (QED) is 0.823. The smallest absolute Gasteiger partial charge is 0.0692 e. The molecule has 0 radical (unpaired) electrons. The fraction of sp³-hybridized carbons (Fsp3) is 0.647. The van der Waals surface area contributed by atoms with Gasteiger partial charge >= 0.3 is 0 Å². The maximum Gasteiger partial charge on any atom is 0.0692 e. The van der Waals surface area contributed by atoms with E-state index in [4.69, 9.17) is 0 Å². The van der Waals surface area contributed by atoms with Crippen molar-refractivity contribution in [1.82, 2.24) is 5.32 Å². The first-order chi connectivity index (χ1) is 9.15. The minimum absolute atomic E-state index is 0.219. The molecular weight excluding hydrogens is 234 g/mol. The molecule has 0 saturated carbocycles. The lowest BCUT2D eigenvalue weighted by molar-refractivity contribution is 0.0983. The fourth-order valence-corrected chi connectivity index (χ4v) is 3.20. The summed E-state index contributed by atoms with van der Waals surface area (Å²) in [7, 11) is 0. The van der Waals surface area contributed by atoms with Crippen molar-refractivity contribution in [1.29, 1.82) is 0 Å². The summed E-state index contributed by atoms with van der Waals surface area (Å²) in [6, 6.07) is 7.17. The lowest BCUT2D eigenvalue weighted by Crippen LogP contribution is -2.34. The molecule has 2 atom stereocenters. The number of nitrogens with one attached hydrogen (secondary N) is 1. The van der Waals surface area contributed by atoms with Crippen molar-refractivity contribution in [3.05, 3.63) is 34.9 Å². The second-order valence-corrected chi connectivity index (χ2v) is 5.85. The zero-order valence-electron chi connectivity index (χ0n) is 12.4. The van der Waals surface area contributed by atoms with Crippen molar-refractivity contribution in [3.63, 3.8) is 0 Å². The fourth-order valence-electron chi connectivity index (χ4n) is 3.20. The Morgan fingerprint density at radius 3 is 2.74 bits per heavy atom. The Kier molecular flexibility index (Phi) is 5.00. The lowest BCUT2D eigenvalue weighted by Gasteiger charge is -2.23. The van der Waals surface area contributed by atoms with Crippen molar-refractivity contribution in [2.45, 2.75) is 58.6 Å². The van der Waals surface area contributed by atoms with E-state index < -0.39 is 0 Å². The van der Waals surface area contributed by atoms with E-state index in [2.05, 4.69) is 44.3 Å². The highest BCUT2D eigenvalue weighted by Gasteiger charge is 2.23. The minimum Gasteiger partial charge on any atom is -0.392 e. The first kappa shape index (κ1) is 14.5. The summed E-state index contributed by atoms with van der Waals surface area (Å²) in [6.07, 6.45) is 4.21. The largest absolute Gasteiger partial charge is 0.392 e. The molecule has 1 aliphatic carbocycles. The van der Waals surface area contributed by atoms with E-state index in [0.717, 1.165) is 25.7 Å². The Morgan fingerprint density at radius 1 is 1.32 bits per heavy atom. The van der Waals surface area contributed by atoms with Crippen LogP contribution in [0.4, 0.5) is 0 Å². The number of hydrogen-bond donors (Lipinski definition) is 2. The van der Waals surface area contributed by atoms with Crippen LogP contribution in [0, 0.1) is 12.8 Å². The minimum atomic E-state index is -0.219. The van der Waals surface area contributed by atoms with Crippen LogP contribution in [0.2, 0.25) is 0 Å². The molecule has 2 rings (SSSR count). The third-order valence-electron chi connectivity index (χ3n) is 4.55. The normalized spacial score (nSPS) is 19.7. The Hall–Kier alpha value is -0.860. The number of aryl methyl sites for hydroxylation is 2. The van der Waals surface area contributed by atoms with Crippen LogP contribution in [0.1, 0.15) is 55.8 Å². The van der Waals surface area contributed by atoms with Gasteiger partial charge in [0.15, 0.2) is 0 Å². The van der Waals surface area contributed by atoms with Crippen molar-refractivity contribution in [2.75, 3.05) is 6.54 Å². The Balaban J connectivity index is 1.94. The monoisotopic (exact) mass is 261 g/mol. The van der Waals surface area contributed by atoms with Crippen LogP contribution in [0.25, 0.3) is 0 Å². The zero-order valence-corrected chi connectivity index (χ0v) is 12.4. The molecule has 2 heteroatoms. The van der Waals surface area contributed by atoms with E-state index in [-0.39, 0.29) is 6.10 Å². The Bertz CT molecular complexity index is 412. The van der Waals surface area contributed by atoms with Crippen LogP contribution in [-0.2, 0) is 6.42 Å². The van der Waals surface area contributed by atoms with Crippen molar-refractivity contribution >= 4 is 0 Å². The summed E-state index contributed by atoms with van der Waals surface area (Å²) in [4.78, 5) is 0. The van der Waals surface area contributed by atoms with E-state index in [1.165, 1.54) is 16.7 Å². The van der Waals surface area contributed by atoms with Crippen LogP contribution in [-0.4, -0.2) is 17.8 Å². The van der Waals surface area contributed by atoms with E-state index in [9.17, 15) is 5.11 Å². The highest BCUT2D eigenvalue weighted by atomic mass is 16.3. The molecular formula is C17H27NO. The van der Waals surface area contributed by atoms with Gasteiger partial charge in [-0.15, -0.1) is 0 Å². The first-order valence-electron chi connectivity index (χ1n) is 7.66. The van der Waals surface area contributed by atoms with Gasteiger partial charge in [-0.2, -0.15) is 0 Å². The maximum atomic E-state index is 10.2. The average Bonchev–Trinajstić information content (AvgIpc) is 2.80. The van der Waals surface area contributed by atoms with Gasteiger partial charge in [0.25, 0.3) is 0 Å². The molecule has 0 amide bonds. The zero-order chi connectivity index (χ0) is 13.8. The number of aliphatic hydroxyl groups excluding tert-OH is 1. The molecule has 1 aromatic carbocycles. The van der Waals surface area contributed by atoms with Crippen LogP contribution >= 0.6 is 0 Å². The van der Waals surface area contributed by atoms with Crippen LogP contribution < -0.4 is 5.32 Å². The number of benzene rings is 1. The molecule has 19 heavy (non-hydrogen) atoms. The second-order valence-electron chi connectivity index (χ2n) is 5.85. The van der Waals surface area contributed by atoms with Crippen molar-refractivity contribution in [3.8, 4) is 0 Å². The predicted octanol–water partition coefficient (Wildman–Crippen LogP) is 3.37. The third kappa shape index (κ3) is 3.37. The molecule has 2 N–H and O–H groups in total. The average molecular weight is 261 g/mol. The summed E-state index contributed by atoms with van der Waals surface area (Å²) in [5.74, 6) is 0.422.